The van der Waals surface area contributed by atoms with Crippen LogP contribution in [0.2, 0.25) is 0 Å². The smallest absolute Gasteiger partial charge is 0.165 e. The fourth-order valence-electron chi connectivity index (χ4n) is 6.01. The molecule has 0 aliphatic carbocycles. The van der Waals surface area contributed by atoms with Crippen molar-refractivity contribution in [1.29, 1.82) is 0 Å². The predicted octanol–water partition coefficient (Wildman–Crippen LogP) is 6.98. The third-order valence-electron chi connectivity index (χ3n) is 7.49. The summed E-state index contributed by atoms with van der Waals surface area (Å²) in [7, 11) is 0. The van der Waals surface area contributed by atoms with E-state index in [1.807, 2.05) is 0 Å². The minimum atomic E-state index is 0.494. The molecule has 2 aromatic carbocycles. The lowest BCUT2D eigenvalue weighted by molar-refractivity contribution is 0.496. The van der Waals surface area contributed by atoms with Gasteiger partial charge in [0.2, 0.25) is 0 Å². The Labute approximate surface area is 203 Å². The summed E-state index contributed by atoms with van der Waals surface area (Å²) in [5.41, 5.74) is 13.5. The van der Waals surface area contributed by atoms with Gasteiger partial charge in [0.15, 0.2) is 5.65 Å². The standard InChI is InChI=1S/C30H36N4/c1-8-25-12-13-26-22(6)31-29-28(27-20(4)14-19(3)15-21(27)5)23(7)32-34(29)30(26)33(25)17-24-11-9-10-18(2)16-24/h9-11,14-16,25H,8,12-13,17H2,1-7H3. The van der Waals surface area contributed by atoms with E-state index < -0.39 is 0 Å². The fraction of sp³-hybridized carbons (Fsp3) is 0.400. The molecule has 0 bridgehead atoms. The molecule has 176 valence electrons. The van der Waals surface area contributed by atoms with Crippen LogP contribution in [-0.4, -0.2) is 20.6 Å². The van der Waals surface area contributed by atoms with E-state index in [1.165, 1.54) is 50.3 Å². The van der Waals surface area contributed by atoms with E-state index in [-0.39, 0.29) is 0 Å². The topological polar surface area (TPSA) is 33.4 Å². The highest BCUT2D eigenvalue weighted by atomic mass is 15.4. The fourth-order valence-corrected chi connectivity index (χ4v) is 6.01. The van der Waals surface area contributed by atoms with Gasteiger partial charge in [-0.15, -0.1) is 0 Å². The molecule has 0 N–H and O–H groups in total. The molecule has 3 heterocycles. The van der Waals surface area contributed by atoms with Gasteiger partial charge in [-0.3, -0.25) is 0 Å². The summed E-state index contributed by atoms with van der Waals surface area (Å²) in [5, 5.41) is 5.14. The van der Waals surface area contributed by atoms with E-state index >= 15 is 0 Å². The van der Waals surface area contributed by atoms with Crippen molar-refractivity contribution in [3.63, 3.8) is 0 Å². The first kappa shape index (κ1) is 22.6. The van der Waals surface area contributed by atoms with Crippen LogP contribution in [0.4, 0.5) is 5.82 Å². The van der Waals surface area contributed by atoms with Crippen LogP contribution < -0.4 is 4.90 Å². The molecule has 0 saturated heterocycles. The molecule has 0 radical (unpaired) electrons. The third kappa shape index (κ3) is 3.70. The molecule has 0 spiro atoms. The first-order valence-electron chi connectivity index (χ1n) is 12.6. The second kappa shape index (κ2) is 8.57. The van der Waals surface area contributed by atoms with Crippen molar-refractivity contribution < 1.29 is 0 Å². The Morgan fingerprint density at radius 2 is 1.62 bits per heavy atom. The molecular formula is C30H36N4. The van der Waals surface area contributed by atoms with Gasteiger partial charge in [0, 0.05) is 23.8 Å². The van der Waals surface area contributed by atoms with E-state index in [1.54, 1.807) is 0 Å². The molecule has 4 aromatic rings. The van der Waals surface area contributed by atoms with Crippen molar-refractivity contribution in [3.8, 4) is 11.1 Å². The molecule has 0 fully saturated rings. The maximum absolute atomic E-state index is 5.17. The van der Waals surface area contributed by atoms with E-state index in [4.69, 9.17) is 10.1 Å². The molecule has 1 unspecified atom stereocenters. The Balaban J connectivity index is 1.76. The van der Waals surface area contributed by atoms with Crippen molar-refractivity contribution in [2.75, 3.05) is 4.90 Å². The summed E-state index contributed by atoms with van der Waals surface area (Å²) in [4.78, 5) is 7.77. The van der Waals surface area contributed by atoms with Crippen LogP contribution >= 0.6 is 0 Å². The average Bonchev–Trinajstić information content (AvgIpc) is 3.09. The number of aromatic nitrogens is 3. The van der Waals surface area contributed by atoms with Gasteiger partial charge in [-0.1, -0.05) is 54.4 Å². The monoisotopic (exact) mass is 452 g/mol. The zero-order valence-corrected chi connectivity index (χ0v) is 21.7. The van der Waals surface area contributed by atoms with Crippen LogP contribution in [0.5, 0.6) is 0 Å². The Morgan fingerprint density at radius 3 is 2.29 bits per heavy atom. The predicted molar refractivity (Wildman–Crippen MR) is 142 cm³/mol. The van der Waals surface area contributed by atoms with Crippen LogP contribution in [0.15, 0.2) is 36.4 Å². The summed E-state index contributed by atoms with van der Waals surface area (Å²) >= 11 is 0. The number of fused-ring (bicyclic) bond motifs is 3. The van der Waals surface area contributed by atoms with Gasteiger partial charge in [-0.25, -0.2) is 4.98 Å². The summed E-state index contributed by atoms with van der Waals surface area (Å²) < 4.78 is 2.16. The molecule has 34 heavy (non-hydrogen) atoms. The molecule has 4 nitrogen and oxygen atoms in total. The molecule has 1 atom stereocenters. The second-order valence-electron chi connectivity index (χ2n) is 10.2. The lowest BCUT2D eigenvalue weighted by Gasteiger charge is -2.39. The summed E-state index contributed by atoms with van der Waals surface area (Å²) in [6.45, 7) is 16.3. The first-order valence-corrected chi connectivity index (χ1v) is 12.6. The highest BCUT2D eigenvalue weighted by molar-refractivity contribution is 5.85. The van der Waals surface area contributed by atoms with Crippen LogP contribution in [-0.2, 0) is 13.0 Å². The average molecular weight is 453 g/mol. The third-order valence-corrected chi connectivity index (χ3v) is 7.49. The lowest BCUT2D eigenvalue weighted by atomic mass is 9.93. The second-order valence-corrected chi connectivity index (χ2v) is 10.2. The number of hydrogen-bond donors (Lipinski definition) is 0. The summed E-state index contributed by atoms with van der Waals surface area (Å²) in [6, 6.07) is 13.9. The van der Waals surface area contributed by atoms with E-state index in [0.717, 1.165) is 42.8 Å². The Kier molecular flexibility index (Phi) is 5.71. The van der Waals surface area contributed by atoms with Crippen LogP contribution in [0, 0.1) is 41.5 Å². The molecule has 1 aliphatic heterocycles. The SMILES string of the molecule is CCC1CCc2c(C)nc3c(-c4c(C)cc(C)cc4C)c(C)nn3c2N1Cc1cccc(C)c1. The maximum Gasteiger partial charge on any atom is 0.165 e. The number of aryl methyl sites for hydroxylation is 6. The van der Waals surface area contributed by atoms with Gasteiger partial charge in [0.25, 0.3) is 0 Å². The molecule has 1 aliphatic rings. The van der Waals surface area contributed by atoms with E-state index in [2.05, 4.69) is 94.3 Å². The van der Waals surface area contributed by atoms with Gasteiger partial charge < -0.3 is 4.90 Å². The van der Waals surface area contributed by atoms with Crippen molar-refractivity contribution in [2.45, 2.75) is 80.3 Å². The van der Waals surface area contributed by atoms with Crippen LogP contribution in [0.1, 0.15) is 64.5 Å². The molecule has 0 saturated carbocycles. The highest BCUT2D eigenvalue weighted by Crippen LogP contribution is 2.39. The number of hydrogen-bond acceptors (Lipinski definition) is 3. The van der Waals surface area contributed by atoms with Gasteiger partial charge >= 0.3 is 0 Å². The summed E-state index contributed by atoms with van der Waals surface area (Å²) in [6.07, 6.45) is 3.34. The molecule has 0 amide bonds. The number of benzene rings is 2. The quantitative estimate of drug-likeness (QED) is 0.335. The maximum atomic E-state index is 5.17. The Bertz CT molecular complexity index is 1370. The van der Waals surface area contributed by atoms with E-state index in [9.17, 15) is 0 Å². The Hall–Kier alpha value is -3.14. The largest absolute Gasteiger partial charge is 0.349 e. The molecule has 4 heteroatoms. The van der Waals surface area contributed by atoms with Gasteiger partial charge in [-0.2, -0.15) is 9.61 Å². The lowest BCUT2D eigenvalue weighted by Crippen LogP contribution is -2.40. The van der Waals surface area contributed by atoms with E-state index in [0.29, 0.717) is 6.04 Å². The first-order chi connectivity index (χ1) is 16.3. The van der Waals surface area contributed by atoms with Crippen LogP contribution in [0.3, 0.4) is 0 Å². The van der Waals surface area contributed by atoms with Crippen LogP contribution in [0.25, 0.3) is 16.8 Å². The number of rotatable bonds is 4. The minimum Gasteiger partial charge on any atom is -0.349 e. The minimum absolute atomic E-state index is 0.494. The van der Waals surface area contributed by atoms with Crippen molar-refractivity contribution in [1.82, 2.24) is 14.6 Å². The number of nitrogens with zero attached hydrogens (tertiary/aromatic N) is 4. The van der Waals surface area contributed by atoms with Gasteiger partial charge in [-0.05, 0) is 83.1 Å². The zero-order chi connectivity index (χ0) is 24.1. The highest BCUT2D eigenvalue weighted by Gasteiger charge is 2.31. The molecule has 2 aromatic heterocycles. The molecule has 5 rings (SSSR count). The normalized spacial score (nSPS) is 15.7. The van der Waals surface area contributed by atoms with Crippen molar-refractivity contribution >= 4 is 11.5 Å². The summed E-state index contributed by atoms with van der Waals surface area (Å²) in [5.74, 6) is 1.24. The Morgan fingerprint density at radius 1 is 0.882 bits per heavy atom. The number of anilines is 1. The van der Waals surface area contributed by atoms with Gasteiger partial charge in [0.1, 0.15) is 5.82 Å². The van der Waals surface area contributed by atoms with Crippen molar-refractivity contribution in [3.05, 3.63) is 81.2 Å². The zero-order valence-electron chi connectivity index (χ0n) is 21.7. The van der Waals surface area contributed by atoms with Gasteiger partial charge in [0.05, 0.1) is 11.3 Å². The van der Waals surface area contributed by atoms with Crippen molar-refractivity contribution in [2.24, 2.45) is 0 Å². The molecular weight excluding hydrogens is 416 g/mol.